The first kappa shape index (κ1) is 41.8. The van der Waals surface area contributed by atoms with Gasteiger partial charge in [-0.2, -0.15) is 0 Å². The van der Waals surface area contributed by atoms with Crippen molar-refractivity contribution < 1.29 is 33.8 Å². The monoisotopic (exact) mass is 840 g/mol. The Kier molecular flexibility index (Phi) is 13.7. The highest BCUT2D eigenvalue weighted by atomic mass is 79.9. The minimum absolute atomic E-state index is 0.0198. The van der Waals surface area contributed by atoms with Crippen molar-refractivity contribution in [2.75, 3.05) is 42.6 Å². The molecule has 3 aliphatic rings. The lowest BCUT2D eigenvalue weighted by Crippen LogP contribution is -2.59. The molecule has 1 spiro atoms. The maximum absolute atomic E-state index is 15.3. The van der Waals surface area contributed by atoms with Crippen LogP contribution in [0.1, 0.15) is 50.3 Å². The zero-order chi connectivity index (χ0) is 40.7. The van der Waals surface area contributed by atoms with E-state index in [2.05, 4.69) is 53.2 Å². The molecular weight excluding hydrogens is 788 g/mol. The van der Waals surface area contributed by atoms with Crippen molar-refractivity contribution in [2.45, 2.75) is 74.3 Å². The molecule has 3 aromatic rings. The molecule has 8 atom stereocenters. The van der Waals surface area contributed by atoms with Crippen molar-refractivity contribution in [3.05, 3.63) is 121 Å². The summed E-state index contributed by atoms with van der Waals surface area (Å²) < 4.78 is 13.1. The number of benzene rings is 3. The summed E-state index contributed by atoms with van der Waals surface area (Å²) >= 11 is 3.77. The molecule has 3 heterocycles. The van der Waals surface area contributed by atoms with Crippen molar-refractivity contribution in [1.82, 2.24) is 10.2 Å². The lowest BCUT2D eigenvalue weighted by atomic mass is 9.70. The molecule has 3 saturated heterocycles. The number of ether oxygens (including phenoxy) is 2. The number of fused-ring (bicyclic) bond motifs is 1. The number of aliphatic hydroxyl groups is 1. The van der Waals surface area contributed by atoms with E-state index in [1.54, 1.807) is 17.1 Å². The van der Waals surface area contributed by atoms with E-state index < -0.39 is 66.1 Å². The van der Waals surface area contributed by atoms with Gasteiger partial charge >= 0.3 is 5.97 Å². The SMILES string of the molecule is C=CCCC(=O)NC[C@@H](OC(=O)[C@@H]1[C@H]2O[C@@]3(CC2Br)[C@H](C(=O)N(CC=C)c2ccc(N(CC)CC)cc2)N([C@@H](CO)Cc2ccccc2)C(=O)[C@@H]13)c1ccccc1. The van der Waals surface area contributed by atoms with E-state index in [9.17, 15) is 14.7 Å². The van der Waals surface area contributed by atoms with Crippen LogP contribution in [-0.4, -0.2) is 95.1 Å². The van der Waals surface area contributed by atoms with Gasteiger partial charge in [0.05, 0.1) is 37.1 Å². The second-order valence-corrected chi connectivity index (χ2v) is 16.0. The fourth-order valence-corrected chi connectivity index (χ4v) is 9.76. The first-order valence-electron chi connectivity index (χ1n) is 19.8. The van der Waals surface area contributed by atoms with Crippen LogP contribution in [0.2, 0.25) is 0 Å². The third-order valence-electron chi connectivity index (χ3n) is 11.5. The number of halogens is 1. The van der Waals surface area contributed by atoms with Gasteiger partial charge in [0.25, 0.3) is 5.91 Å². The van der Waals surface area contributed by atoms with Crippen LogP contribution in [-0.2, 0) is 35.1 Å². The average Bonchev–Trinajstić information content (AvgIpc) is 3.84. The van der Waals surface area contributed by atoms with Gasteiger partial charge in [0.1, 0.15) is 17.7 Å². The van der Waals surface area contributed by atoms with Crippen LogP contribution in [0.15, 0.2) is 110 Å². The molecule has 0 aliphatic carbocycles. The molecule has 1 unspecified atom stereocenters. The quantitative estimate of drug-likeness (QED) is 0.0886. The largest absolute Gasteiger partial charge is 0.455 e. The summed E-state index contributed by atoms with van der Waals surface area (Å²) in [5.74, 6) is -3.86. The summed E-state index contributed by atoms with van der Waals surface area (Å²) in [5.41, 5.74) is 1.77. The molecule has 3 amide bonds. The molecule has 57 heavy (non-hydrogen) atoms. The summed E-state index contributed by atoms with van der Waals surface area (Å²) in [6.45, 7) is 13.2. The van der Waals surface area contributed by atoms with Crippen LogP contribution in [0.4, 0.5) is 11.4 Å². The van der Waals surface area contributed by atoms with Gasteiger partial charge < -0.3 is 34.6 Å². The fraction of sp³-hybridized carbons (Fsp3) is 0.422. The molecule has 12 heteroatoms. The maximum atomic E-state index is 15.3. The molecule has 0 aromatic heterocycles. The molecular formula is C45H53BrN4O7. The van der Waals surface area contributed by atoms with Crippen molar-refractivity contribution in [1.29, 1.82) is 0 Å². The lowest BCUT2D eigenvalue weighted by Gasteiger charge is -2.39. The van der Waals surface area contributed by atoms with Crippen molar-refractivity contribution in [3.8, 4) is 0 Å². The van der Waals surface area contributed by atoms with Crippen LogP contribution in [0.25, 0.3) is 0 Å². The molecule has 6 rings (SSSR count). The minimum atomic E-state index is -1.41. The predicted octanol–water partition coefficient (Wildman–Crippen LogP) is 5.77. The Bertz CT molecular complexity index is 1890. The minimum Gasteiger partial charge on any atom is -0.455 e. The zero-order valence-electron chi connectivity index (χ0n) is 32.7. The molecule has 2 bridgehead atoms. The molecule has 3 aromatic carbocycles. The van der Waals surface area contributed by atoms with E-state index in [-0.39, 0.29) is 43.1 Å². The smallest absolute Gasteiger partial charge is 0.313 e. The van der Waals surface area contributed by atoms with Gasteiger partial charge in [0.15, 0.2) is 0 Å². The van der Waals surface area contributed by atoms with Gasteiger partial charge in [0, 0.05) is 42.3 Å². The Morgan fingerprint density at radius 1 is 1.00 bits per heavy atom. The fourth-order valence-electron chi connectivity index (χ4n) is 8.82. The van der Waals surface area contributed by atoms with Gasteiger partial charge in [-0.3, -0.25) is 19.2 Å². The number of alkyl halides is 1. The third-order valence-corrected chi connectivity index (χ3v) is 12.4. The number of carbonyl (C=O) groups is 4. The Morgan fingerprint density at radius 2 is 1.65 bits per heavy atom. The number of allylic oxidation sites excluding steroid dienone is 1. The first-order chi connectivity index (χ1) is 27.6. The van der Waals surface area contributed by atoms with Crippen LogP contribution >= 0.6 is 15.9 Å². The zero-order valence-corrected chi connectivity index (χ0v) is 34.3. The molecule has 3 fully saturated rings. The summed E-state index contributed by atoms with van der Waals surface area (Å²) in [6, 6.07) is 24.3. The number of nitrogens with zero attached hydrogens (tertiary/aromatic N) is 3. The van der Waals surface area contributed by atoms with Gasteiger partial charge in [0.2, 0.25) is 11.8 Å². The van der Waals surface area contributed by atoms with Crippen LogP contribution < -0.4 is 15.1 Å². The molecule has 0 saturated carbocycles. The molecule has 302 valence electrons. The normalized spacial score (nSPS) is 24.3. The van der Waals surface area contributed by atoms with E-state index in [0.29, 0.717) is 17.7 Å². The van der Waals surface area contributed by atoms with E-state index >= 15 is 9.59 Å². The predicted molar refractivity (Wildman–Crippen MR) is 224 cm³/mol. The number of hydrogen-bond acceptors (Lipinski definition) is 8. The summed E-state index contributed by atoms with van der Waals surface area (Å²) in [5, 5.41) is 13.9. The van der Waals surface area contributed by atoms with E-state index in [1.807, 2.05) is 84.9 Å². The van der Waals surface area contributed by atoms with E-state index in [1.165, 1.54) is 4.90 Å². The lowest BCUT2D eigenvalue weighted by molar-refractivity contribution is -0.160. The number of hydrogen-bond donors (Lipinski definition) is 2. The number of aliphatic hydroxyl groups excluding tert-OH is 1. The molecule has 11 nitrogen and oxygen atoms in total. The van der Waals surface area contributed by atoms with E-state index in [4.69, 9.17) is 9.47 Å². The summed E-state index contributed by atoms with van der Waals surface area (Å²) in [7, 11) is 0. The first-order valence-corrected chi connectivity index (χ1v) is 20.7. The average molecular weight is 842 g/mol. The number of anilines is 2. The Labute approximate surface area is 343 Å². The van der Waals surface area contributed by atoms with Gasteiger partial charge in [-0.25, -0.2) is 0 Å². The third kappa shape index (κ3) is 8.44. The van der Waals surface area contributed by atoms with Gasteiger partial charge in [-0.15, -0.1) is 13.2 Å². The van der Waals surface area contributed by atoms with Gasteiger partial charge in [-0.05, 0) is 68.5 Å². The Morgan fingerprint density at radius 3 is 2.26 bits per heavy atom. The van der Waals surface area contributed by atoms with Crippen molar-refractivity contribution in [2.24, 2.45) is 11.8 Å². The standard InChI is InChI=1S/C45H53BrN4O7/c1-5-9-20-37(52)47-28-36(31-18-14-11-15-19-31)56-44(55)38-39-42(53)50(34(29-51)26-30-16-12-10-13-17-30)41(45(39)27-35(46)40(38)57-45)43(54)49(25-6-2)33-23-21-32(22-24-33)48(7-3)8-4/h5-6,10-19,21-24,34-36,38-41,51H,1-2,7-9,20,25-29H2,3-4H3,(H,47,52)/t34-,35?,36-,38+,39-,40+,41+,45-/m1/s1. The number of nitrogens with one attached hydrogen (secondary N) is 1. The maximum Gasteiger partial charge on any atom is 0.313 e. The highest BCUT2D eigenvalue weighted by molar-refractivity contribution is 9.09. The topological polar surface area (TPSA) is 129 Å². The highest BCUT2D eigenvalue weighted by Crippen LogP contribution is 2.61. The summed E-state index contributed by atoms with van der Waals surface area (Å²) in [6.07, 6.45) is 2.97. The van der Waals surface area contributed by atoms with Crippen molar-refractivity contribution in [3.63, 3.8) is 0 Å². The number of esters is 1. The molecule has 0 radical (unpaired) electrons. The Balaban J connectivity index is 1.38. The molecule has 3 aliphatic heterocycles. The van der Waals surface area contributed by atoms with Crippen LogP contribution in [0, 0.1) is 11.8 Å². The number of rotatable bonds is 19. The molecule has 2 N–H and O–H groups in total. The summed E-state index contributed by atoms with van der Waals surface area (Å²) in [4.78, 5) is 62.6. The second kappa shape index (κ2) is 18.7. The van der Waals surface area contributed by atoms with Crippen LogP contribution in [0.5, 0.6) is 0 Å². The second-order valence-electron chi connectivity index (χ2n) is 14.8. The van der Waals surface area contributed by atoms with Gasteiger partial charge in [-0.1, -0.05) is 88.7 Å². The van der Waals surface area contributed by atoms with Crippen molar-refractivity contribution >= 4 is 51.0 Å². The number of likely N-dealkylation sites (tertiary alicyclic amines) is 1. The Hall–Kier alpha value is -4.78. The van der Waals surface area contributed by atoms with Crippen LogP contribution in [0.3, 0.4) is 0 Å². The number of carbonyl (C=O) groups excluding carboxylic acids is 4. The number of amides is 3. The highest BCUT2D eigenvalue weighted by Gasteiger charge is 2.77. The van der Waals surface area contributed by atoms with E-state index in [0.717, 1.165) is 24.3 Å².